The number of aliphatic hydroxyl groups is 1. The van der Waals surface area contributed by atoms with Crippen LogP contribution in [-0.2, 0) is 0 Å². The largest absolute Gasteiger partial charge is 0.394 e. The summed E-state index contributed by atoms with van der Waals surface area (Å²) in [6.45, 7) is -0.216. The number of rotatable bonds is 4. The minimum absolute atomic E-state index is 0.216. The topological polar surface area (TPSA) is 32.3 Å². The smallest absolute Gasteiger partial charge is 0.128 e. The van der Waals surface area contributed by atoms with Crippen LogP contribution in [0, 0.1) is 5.82 Å². The van der Waals surface area contributed by atoms with Gasteiger partial charge in [0.25, 0.3) is 0 Å². The lowest BCUT2D eigenvalue weighted by Gasteiger charge is -2.19. The van der Waals surface area contributed by atoms with Crippen LogP contribution in [0.5, 0.6) is 0 Å². The summed E-state index contributed by atoms with van der Waals surface area (Å²) in [7, 11) is 0. The first kappa shape index (κ1) is 12.9. The van der Waals surface area contributed by atoms with Crippen molar-refractivity contribution in [2.45, 2.75) is 6.04 Å². The van der Waals surface area contributed by atoms with Gasteiger partial charge in [-0.15, -0.1) is 0 Å². The maximum absolute atomic E-state index is 13.6. The van der Waals surface area contributed by atoms with Gasteiger partial charge in [0.15, 0.2) is 0 Å². The van der Waals surface area contributed by atoms with Crippen LogP contribution in [0.25, 0.3) is 0 Å². The van der Waals surface area contributed by atoms with Gasteiger partial charge in [0.2, 0.25) is 0 Å². The van der Waals surface area contributed by atoms with Gasteiger partial charge in [-0.25, -0.2) is 4.39 Å². The molecule has 0 saturated carbocycles. The van der Waals surface area contributed by atoms with E-state index in [-0.39, 0.29) is 12.4 Å². The summed E-state index contributed by atoms with van der Waals surface area (Å²) in [4.78, 5) is 0. The van der Waals surface area contributed by atoms with Crippen molar-refractivity contribution >= 4 is 17.3 Å². The zero-order chi connectivity index (χ0) is 13.0. The number of para-hydroxylation sites is 1. The fraction of sp³-hybridized carbons (Fsp3) is 0.143. The minimum Gasteiger partial charge on any atom is -0.394 e. The van der Waals surface area contributed by atoms with Crippen molar-refractivity contribution in [1.82, 2.24) is 0 Å². The van der Waals surface area contributed by atoms with E-state index in [1.807, 2.05) is 12.1 Å². The Kier molecular flexibility index (Phi) is 4.18. The molecule has 2 nitrogen and oxygen atoms in total. The zero-order valence-electron chi connectivity index (χ0n) is 9.61. The van der Waals surface area contributed by atoms with E-state index in [0.717, 1.165) is 0 Å². The van der Waals surface area contributed by atoms with Crippen LogP contribution >= 0.6 is 11.6 Å². The van der Waals surface area contributed by atoms with Crippen LogP contribution in [-0.4, -0.2) is 11.7 Å². The highest BCUT2D eigenvalue weighted by molar-refractivity contribution is 6.33. The Hall–Kier alpha value is -1.58. The van der Waals surface area contributed by atoms with E-state index in [1.165, 1.54) is 6.07 Å². The highest BCUT2D eigenvalue weighted by Gasteiger charge is 2.15. The maximum atomic E-state index is 13.6. The number of nitrogens with one attached hydrogen (secondary N) is 1. The summed E-state index contributed by atoms with van der Waals surface area (Å²) >= 11 is 6.01. The molecule has 0 heterocycles. The molecule has 1 atom stereocenters. The first-order chi connectivity index (χ1) is 8.72. The molecular weight excluding hydrogens is 253 g/mol. The van der Waals surface area contributed by atoms with Gasteiger partial charge in [0, 0.05) is 5.56 Å². The lowest BCUT2D eigenvalue weighted by atomic mass is 10.1. The van der Waals surface area contributed by atoms with Gasteiger partial charge >= 0.3 is 0 Å². The Morgan fingerprint density at radius 3 is 2.44 bits per heavy atom. The molecule has 0 spiro atoms. The van der Waals surface area contributed by atoms with Crippen LogP contribution in [0.4, 0.5) is 10.1 Å². The monoisotopic (exact) mass is 265 g/mol. The fourth-order valence-corrected chi connectivity index (χ4v) is 1.94. The molecule has 0 radical (unpaired) electrons. The molecule has 2 aromatic carbocycles. The predicted octanol–water partition coefficient (Wildman–Crippen LogP) is 3.62. The van der Waals surface area contributed by atoms with Crippen LogP contribution < -0.4 is 5.32 Å². The number of benzene rings is 2. The molecule has 0 aliphatic heterocycles. The van der Waals surface area contributed by atoms with Gasteiger partial charge in [-0.2, -0.15) is 0 Å². The third-order valence-corrected chi connectivity index (χ3v) is 3.00. The van der Waals surface area contributed by atoms with Gasteiger partial charge < -0.3 is 10.4 Å². The van der Waals surface area contributed by atoms with E-state index in [0.29, 0.717) is 16.3 Å². The Morgan fingerprint density at radius 1 is 1.11 bits per heavy atom. The van der Waals surface area contributed by atoms with Gasteiger partial charge in [-0.3, -0.25) is 0 Å². The summed E-state index contributed by atoms with van der Waals surface area (Å²) in [5.41, 5.74) is 1.08. The Bertz CT molecular complexity index is 533. The van der Waals surface area contributed by atoms with Crippen molar-refractivity contribution in [1.29, 1.82) is 0 Å². The minimum atomic E-state index is -0.522. The van der Waals surface area contributed by atoms with Gasteiger partial charge in [0.05, 0.1) is 23.4 Å². The molecule has 0 bridgehead atoms. The molecule has 0 aliphatic rings. The number of halogens is 2. The number of aliphatic hydroxyl groups excluding tert-OH is 1. The lowest BCUT2D eigenvalue weighted by Crippen LogP contribution is -2.16. The normalized spacial score (nSPS) is 12.2. The van der Waals surface area contributed by atoms with Gasteiger partial charge in [0.1, 0.15) is 5.82 Å². The molecule has 18 heavy (non-hydrogen) atoms. The summed E-state index contributed by atoms with van der Waals surface area (Å²) in [6, 6.07) is 13.0. The van der Waals surface area contributed by atoms with Crippen LogP contribution in [0.3, 0.4) is 0 Å². The second-order valence-electron chi connectivity index (χ2n) is 3.88. The molecule has 4 heteroatoms. The molecule has 2 aromatic rings. The van der Waals surface area contributed by atoms with Gasteiger partial charge in [-0.1, -0.05) is 41.9 Å². The Morgan fingerprint density at radius 2 is 1.78 bits per heavy atom. The molecule has 0 aromatic heterocycles. The summed E-state index contributed by atoms with van der Waals surface area (Å²) in [6.07, 6.45) is 0. The fourth-order valence-electron chi connectivity index (χ4n) is 1.75. The van der Waals surface area contributed by atoms with Crippen molar-refractivity contribution in [3.63, 3.8) is 0 Å². The summed E-state index contributed by atoms with van der Waals surface area (Å²) < 4.78 is 13.6. The van der Waals surface area contributed by atoms with Crippen LogP contribution in [0.1, 0.15) is 11.6 Å². The quantitative estimate of drug-likeness (QED) is 0.885. The highest BCUT2D eigenvalue weighted by Crippen LogP contribution is 2.26. The van der Waals surface area contributed by atoms with Crippen molar-refractivity contribution in [3.05, 3.63) is 64.9 Å². The molecule has 0 amide bonds. The Balaban J connectivity index is 2.26. The van der Waals surface area contributed by atoms with Crippen LogP contribution in [0.15, 0.2) is 48.5 Å². The Labute approximate surface area is 110 Å². The first-order valence-corrected chi connectivity index (χ1v) is 5.96. The molecule has 0 aliphatic carbocycles. The highest BCUT2D eigenvalue weighted by atomic mass is 35.5. The van der Waals surface area contributed by atoms with Crippen molar-refractivity contribution < 1.29 is 9.50 Å². The van der Waals surface area contributed by atoms with Crippen molar-refractivity contribution in [3.8, 4) is 0 Å². The summed E-state index contributed by atoms with van der Waals surface area (Å²) in [5, 5.41) is 13.0. The average Bonchev–Trinajstić information content (AvgIpc) is 2.39. The molecule has 0 saturated heterocycles. The molecule has 94 valence electrons. The molecule has 0 fully saturated rings. The van der Waals surface area contributed by atoms with Crippen molar-refractivity contribution in [2.24, 2.45) is 0 Å². The molecule has 1 unspecified atom stereocenters. The second-order valence-corrected chi connectivity index (χ2v) is 4.29. The SMILES string of the molecule is OCC(Nc1ccccc1Cl)c1ccccc1F. The second kappa shape index (κ2) is 5.85. The molecule has 2 N–H and O–H groups in total. The number of anilines is 1. The van der Waals surface area contributed by atoms with Gasteiger partial charge in [-0.05, 0) is 18.2 Å². The molecule has 2 rings (SSSR count). The van der Waals surface area contributed by atoms with E-state index in [1.54, 1.807) is 30.3 Å². The third-order valence-electron chi connectivity index (χ3n) is 2.67. The maximum Gasteiger partial charge on any atom is 0.128 e. The first-order valence-electron chi connectivity index (χ1n) is 5.58. The summed E-state index contributed by atoms with van der Waals surface area (Å²) in [5.74, 6) is -0.351. The van der Waals surface area contributed by atoms with E-state index < -0.39 is 6.04 Å². The number of hydrogen-bond donors (Lipinski definition) is 2. The standard InChI is InChI=1S/C14H13ClFNO/c15-11-6-2-4-8-13(11)17-14(9-18)10-5-1-3-7-12(10)16/h1-8,14,17-18H,9H2. The van der Waals surface area contributed by atoms with E-state index in [4.69, 9.17) is 11.6 Å². The van der Waals surface area contributed by atoms with E-state index >= 15 is 0 Å². The van der Waals surface area contributed by atoms with Crippen molar-refractivity contribution in [2.75, 3.05) is 11.9 Å². The predicted molar refractivity (Wildman–Crippen MR) is 71.3 cm³/mol. The number of hydrogen-bond acceptors (Lipinski definition) is 2. The average molecular weight is 266 g/mol. The van der Waals surface area contributed by atoms with Crippen LogP contribution in [0.2, 0.25) is 5.02 Å². The van der Waals surface area contributed by atoms with E-state index in [2.05, 4.69) is 5.32 Å². The zero-order valence-corrected chi connectivity index (χ0v) is 10.4. The third kappa shape index (κ3) is 2.81. The lowest BCUT2D eigenvalue weighted by molar-refractivity contribution is 0.274. The van der Waals surface area contributed by atoms with E-state index in [9.17, 15) is 9.50 Å². The molecular formula is C14H13ClFNO.